The molecular formula is C17H25N7. The number of aromatic nitrogens is 5. The van der Waals surface area contributed by atoms with E-state index in [-0.39, 0.29) is 0 Å². The highest BCUT2D eigenvalue weighted by Gasteiger charge is 2.21. The van der Waals surface area contributed by atoms with Gasteiger partial charge in [-0.15, -0.1) is 10.2 Å². The molecule has 0 aromatic carbocycles. The van der Waals surface area contributed by atoms with Gasteiger partial charge in [0.25, 0.3) is 0 Å². The second kappa shape index (κ2) is 6.75. The first-order chi connectivity index (χ1) is 11.8. The van der Waals surface area contributed by atoms with E-state index in [0.29, 0.717) is 0 Å². The van der Waals surface area contributed by atoms with Crippen LogP contribution in [-0.4, -0.2) is 51.6 Å². The largest absolute Gasteiger partial charge is 0.355 e. The van der Waals surface area contributed by atoms with E-state index in [9.17, 15) is 0 Å². The van der Waals surface area contributed by atoms with E-state index in [1.807, 2.05) is 6.92 Å². The summed E-state index contributed by atoms with van der Waals surface area (Å²) in [4.78, 5) is 12.8. The first-order valence-corrected chi connectivity index (χ1v) is 9.08. The van der Waals surface area contributed by atoms with Gasteiger partial charge in [-0.1, -0.05) is 0 Å². The number of H-pyrrole nitrogens is 1. The van der Waals surface area contributed by atoms with Crippen LogP contribution in [0.4, 0.5) is 11.6 Å². The Bertz CT molecular complexity index is 684. The Morgan fingerprint density at radius 1 is 0.875 bits per heavy atom. The van der Waals surface area contributed by atoms with Crippen LogP contribution >= 0.6 is 0 Å². The van der Waals surface area contributed by atoms with E-state index in [1.165, 1.54) is 38.5 Å². The summed E-state index contributed by atoms with van der Waals surface area (Å²) in [6.45, 7) is 6.24. The molecule has 0 amide bonds. The number of piperidine rings is 2. The lowest BCUT2D eigenvalue weighted by molar-refractivity contribution is 0.569. The lowest BCUT2D eigenvalue weighted by Gasteiger charge is -2.28. The molecule has 2 aliphatic heterocycles. The maximum Gasteiger partial charge on any atom is 0.156 e. The molecular weight excluding hydrogens is 302 g/mol. The van der Waals surface area contributed by atoms with Crippen molar-refractivity contribution in [3.8, 4) is 11.4 Å². The highest BCUT2D eigenvalue weighted by molar-refractivity contribution is 5.71. The van der Waals surface area contributed by atoms with Crippen LogP contribution in [-0.2, 0) is 0 Å². The van der Waals surface area contributed by atoms with E-state index in [4.69, 9.17) is 4.98 Å². The molecule has 7 heteroatoms. The van der Waals surface area contributed by atoms with Crippen molar-refractivity contribution < 1.29 is 0 Å². The average molecular weight is 327 g/mol. The monoisotopic (exact) mass is 327 g/mol. The second-order valence-corrected chi connectivity index (χ2v) is 6.79. The van der Waals surface area contributed by atoms with Gasteiger partial charge in [-0.3, -0.25) is 0 Å². The normalized spacial score (nSPS) is 18.9. The van der Waals surface area contributed by atoms with Crippen LogP contribution in [0.1, 0.15) is 44.3 Å². The molecule has 2 aliphatic rings. The number of nitrogens with one attached hydrogen (secondary N) is 1. The number of imidazole rings is 1. The quantitative estimate of drug-likeness (QED) is 0.934. The summed E-state index contributed by atoms with van der Waals surface area (Å²) in [5.74, 6) is 2.86. The number of aromatic amines is 1. The van der Waals surface area contributed by atoms with Crippen LogP contribution in [0.2, 0.25) is 0 Å². The van der Waals surface area contributed by atoms with E-state index in [0.717, 1.165) is 55.0 Å². The van der Waals surface area contributed by atoms with E-state index in [1.54, 1.807) is 0 Å². The minimum absolute atomic E-state index is 0.840. The number of hydrogen-bond donors (Lipinski definition) is 1. The maximum atomic E-state index is 4.72. The van der Waals surface area contributed by atoms with Crippen molar-refractivity contribution in [2.45, 2.75) is 45.4 Å². The zero-order valence-electron chi connectivity index (χ0n) is 14.3. The van der Waals surface area contributed by atoms with Crippen molar-refractivity contribution >= 4 is 11.6 Å². The summed E-state index contributed by atoms with van der Waals surface area (Å²) in [5, 5.41) is 12.6. The molecule has 7 nitrogen and oxygen atoms in total. The number of hydrogen-bond acceptors (Lipinski definition) is 6. The van der Waals surface area contributed by atoms with Gasteiger partial charge in [0, 0.05) is 32.2 Å². The SMILES string of the molecule is Cc1nc(N2CCCCC2)c(-c2cc(N3CCCCC3)nnn2)[nH]1. The number of nitrogens with zero attached hydrogens (tertiary/aromatic N) is 6. The molecule has 0 spiro atoms. The van der Waals surface area contributed by atoms with Crippen molar-refractivity contribution in [1.29, 1.82) is 0 Å². The lowest BCUT2D eigenvalue weighted by Crippen LogP contribution is -2.31. The van der Waals surface area contributed by atoms with E-state index >= 15 is 0 Å². The Morgan fingerprint density at radius 3 is 2.25 bits per heavy atom. The third-order valence-corrected chi connectivity index (χ3v) is 4.96. The fourth-order valence-electron chi connectivity index (χ4n) is 3.69. The van der Waals surface area contributed by atoms with Crippen LogP contribution in [0, 0.1) is 6.92 Å². The Kier molecular flexibility index (Phi) is 4.32. The third kappa shape index (κ3) is 3.07. The van der Waals surface area contributed by atoms with Crippen molar-refractivity contribution in [1.82, 2.24) is 25.4 Å². The summed E-state index contributed by atoms with van der Waals surface area (Å²) < 4.78 is 0. The number of rotatable bonds is 3. The fraction of sp³-hybridized carbons (Fsp3) is 0.647. The minimum Gasteiger partial charge on any atom is -0.355 e. The van der Waals surface area contributed by atoms with Gasteiger partial charge in [0.15, 0.2) is 11.6 Å². The molecule has 2 aromatic heterocycles. The number of anilines is 2. The summed E-state index contributed by atoms with van der Waals surface area (Å²) in [7, 11) is 0. The van der Waals surface area contributed by atoms with Gasteiger partial charge >= 0.3 is 0 Å². The van der Waals surface area contributed by atoms with Crippen LogP contribution in [0.3, 0.4) is 0 Å². The molecule has 24 heavy (non-hydrogen) atoms. The molecule has 4 rings (SSSR count). The Morgan fingerprint density at radius 2 is 1.54 bits per heavy atom. The van der Waals surface area contributed by atoms with Crippen molar-refractivity contribution in [3.63, 3.8) is 0 Å². The van der Waals surface area contributed by atoms with Gasteiger partial charge in [-0.25, -0.2) is 4.98 Å². The van der Waals surface area contributed by atoms with E-state index in [2.05, 4.69) is 36.3 Å². The summed E-state index contributed by atoms with van der Waals surface area (Å²) >= 11 is 0. The summed E-state index contributed by atoms with van der Waals surface area (Å²) in [6.07, 6.45) is 7.52. The molecule has 4 heterocycles. The topological polar surface area (TPSA) is 73.8 Å². The van der Waals surface area contributed by atoms with Crippen molar-refractivity contribution in [3.05, 3.63) is 11.9 Å². The summed E-state index contributed by atoms with van der Waals surface area (Å²) in [5.41, 5.74) is 1.81. The molecule has 0 aliphatic carbocycles. The molecule has 2 saturated heterocycles. The van der Waals surface area contributed by atoms with Crippen LogP contribution in [0.15, 0.2) is 6.07 Å². The first kappa shape index (κ1) is 15.4. The van der Waals surface area contributed by atoms with Crippen LogP contribution in [0.25, 0.3) is 11.4 Å². The van der Waals surface area contributed by atoms with Crippen LogP contribution in [0.5, 0.6) is 0 Å². The predicted molar refractivity (Wildman–Crippen MR) is 94.3 cm³/mol. The molecule has 2 fully saturated rings. The van der Waals surface area contributed by atoms with E-state index < -0.39 is 0 Å². The molecule has 1 N–H and O–H groups in total. The zero-order chi connectivity index (χ0) is 16.4. The first-order valence-electron chi connectivity index (χ1n) is 9.08. The molecule has 0 radical (unpaired) electrons. The lowest BCUT2D eigenvalue weighted by atomic mass is 10.1. The molecule has 0 atom stereocenters. The Balaban J connectivity index is 1.66. The standard InChI is InChI=1S/C17H25N7/c1-13-18-16(17(19-13)24-10-6-3-7-11-24)14-12-15(21-22-20-14)23-8-4-2-5-9-23/h12H,2-11H2,1H3,(H,18,19). The number of aryl methyl sites for hydroxylation is 1. The summed E-state index contributed by atoms with van der Waals surface area (Å²) in [6, 6.07) is 2.05. The average Bonchev–Trinajstić information content (AvgIpc) is 3.05. The molecule has 128 valence electrons. The Labute approximate surface area is 142 Å². The Hall–Kier alpha value is -2.18. The van der Waals surface area contributed by atoms with Gasteiger partial charge < -0.3 is 14.8 Å². The van der Waals surface area contributed by atoms with Gasteiger partial charge in [-0.2, -0.15) is 0 Å². The van der Waals surface area contributed by atoms with Crippen molar-refractivity contribution in [2.75, 3.05) is 36.0 Å². The minimum atomic E-state index is 0.840. The highest BCUT2D eigenvalue weighted by atomic mass is 15.4. The molecule has 2 aromatic rings. The van der Waals surface area contributed by atoms with Crippen LogP contribution < -0.4 is 9.80 Å². The fourth-order valence-corrected chi connectivity index (χ4v) is 3.69. The predicted octanol–water partition coefficient (Wildman–Crippen LogP) is 2.55. The van der Waals surface area contributed by atoms with Gasteiger partial charge in [0.2, 0.25) is 0 Å². The maximum absolute atomic E-state index is 4.72. The smallest absolute Gasteiger partial charge is 0.156 e. The van der Waals surface area contributed by atoms with Gasteiger partial charge in [0.05, 0.1) is 0 Å². The third-order valence-electron chi connectivity index (χ3n) is 4.96. The molecule has 0 unspecified atom stereocenters. The second-order valence-electron chi connectivity index (χ2n) is 6.79. The van der Waals surface area contributed by atoms with Crippen molar-refractivity contribution in [2.24, 2.45) is 0 Å². The van der Waals surface area contributed by atoms with Gasteiger partial charge in [0.1, 0.15) is 17.2 Å². The molecule has 0 saturated carbocycles. The van der Waals surface area contributed by atoms with Gasteiger partial charge in [-0.05, 0) is 50.7 Å². The highest BCUT2D eigenvalue weighted by Crippen LogP contribution is 2.30. The molecule has 0 bridgehead atoms. The zero-order valence-corrected chi connectivity index (χ0v) is 14.3.